The number of amides is 1. The van der Waals surface area contributed by atoms with Gasteiger partial charge in [0.2, 0.25) is 11.9 Å². The number of nitrogens with one attached hydrogen (secondary N) is 2. The van der Waals surface area contributed by atoms with Crippen LogP contribution in [0.15, 0.2) is 54.6 Å². The molecular formula is C26H30N8O3. The van der Waals surface area contributed by atoms with Gasteiger partial charge in [-0.1, -0.05) is 12.2 Å². The van der Waals surface area contributed by atoms with E-state index in [9.17, 15) is 9.59 Å². The Kier molecular flexibility index (Phi) is 7.42. The van der Waals surface area contributed by atoms with Gasteiger partial charge in [0.1, 0.15) is 5.82 Å². The number of benzene rings is 2. The molecule has 11 nitrogen and oxygen atoms in total. The first kappa shape index (κ1) is 25.3. The summed E-state index contributed by atoms with van der Waals surface area (Å²) in [6, 6.07) is 12.2. The van der Waals surface area contributed by atoms with E-state index in [0.717, 1.165) is 17.0 Å². The lowest BCUT2D eigenvalue weighted by atomic mass is 10.1. The fourth-order valence-electron chi connectivity index (χ4n) is 3.97. The van der Waals surface area contributed by atoms with Crippen molar-refractivity contribution >= 4 is 46.1 Å². The number of allylic oxidation sites excluding steroid dienone is 1. The quantitative estimate of drug-likeness (QED) is 0.146. The van der Waals surface area contributed by atoms with Crippen LogP contribution in [-0.2, 0) is 17.8 Å². The van der Waals surface area contributed by atoms with Crippen LogP contribution in [0.25, 0.3) is 11.0 Å². The zero-order valence-electron chi connectivity index (χ0n) is 21.0. The first-order chi connectivity index (χ1) is 17.8. The molecule has 0 unspecified atom stereocenters. The summed E-state index contributed by atoms with van der Waals surface area (Å²) in [5.74, 6) is 0.506. The lowest BCUT2D eigenvalue weighted by molar-refractivity contribution is 0.0600. The maximum Gasteiger partial charge on any atom is 0.337 e. The molecule has 0 saturated heterocycles. The minimum absolute atomic E-state index is 0.362. The highest BCUT2D eigenvalue weighted by atomic mass is 16.5. The number of aromatic nitrogens is 4. The van der Waals surface area contributed by atoms with E-state index in [-0.39, 0.29) is 0 Å². The summed E-state index contributed by atoms with van der Waals surface area (Å²) in [6.45, 7) is 5.70. The van der Waals surface area contributed by atoms with Crippen LogP contribution in [0.5, 0.6) is 0 Å². The van der Waals surface area contributed by atoms with E-state index < -0.39 is 11.9 Å². The minimum atomic E-state index is -0.522. The van der Waals surface area contributed by atoms with Gasteiger partial charge in [-0.15, -0.1) is 0 Å². The number of fused-ring (bicyclic) bond motifs is 1. The van der Waals surface area contributed by atoms with E-state index in [1.807, 2.05) is 47.4 Å². The number of carbonyl (C=O) groups excluding carboxylic acids is 2. The number of aryl methyl sites for hydroxylation is 2. The maximum absolute atomic E-state index is 12.0. The molecule has 6 N–H and O–H groups in total. The molecule has 0 radical (unpaired) electrons. The van der Waals surface area contributed by atoms with Crippen LogP contribution in [0.1, 0.15) is 33.3 Å². The molecule has 37 heavy (non-hydrogen) atoms. The zero-order valence-corrected chi connectivity index (χ0v) is 21.0. The monoisotopic (exact) mass is 502 g/mol. The van der Waals surface area contributed by atoms with Crippen molar-refractivity contribution in [2.45, 2.75) is 26.9 Å². The lowest BCUT2D eigenvalue weighted by Gasteiger charge is -2.10. The molecular weight excluding hydrogens is 472 g/mol. The third kappa shape index (κ3) is 5.56. The second-order valence-corrected chi connectivity index (χ2v) is 8.37. The van der Waals surface area contributed by atoms with E-state index >= 15 is 0 Å². The molecule has 0 atom stereocenters. The Labute approximate surface area is 214 Å². The van der Waals surface area contributed by atoms with Crippen molar-refractivity contribution in [1.82, 2.24) is 19.3 Å². The van der Waals surface area contributed by atoms with Crippen molar-refractivity contribution in [2.75, 3.05) is 30.0 Å². The number of nitrogen functional groups attached to an aromatic ring is 1. The number of hydrogen-bond donors (Lipinski definition) is 4. The van der Waals surface area contributed by atoms with Gasteiger partial charge in [0.25, 0.3) is 0 Å². The van der Waals surface area contributed by atoms with E-state index in [2.05, 4.69) is 15.7 Å². The number of methoxy groups -OCH3 is 1. The number of nitrogens with two attached hydrogens (primary N) is 2. The van der Waals surface area contributed by atoms with Crippen LogP contribution in [0.2, 0.25) is 0 Å². The molecule has 1 amide bonds. The van der Waals surface area contributed by atoms with E-state index in [0.29, 0.717) is 53.6 Å². The van der Waals surface area contributed by atoms with Crippen LogP contribution in [0.4, 0.5) is 23.1 Å². The van der Waals surface area contributed by atoms with Crippen molar-refractivity contribution < 1.29 is 14.3 Å². The molecule has 2 aromatic carbocycles. The largest absolute Gasteiger partial charge is 0.465 e. The van der Waals surface area contributed by atoms with Crippen molar-refractivity contribution in [2.24, 2.45) is 5.73 Å². The Morgan fingerprint density at radius 1 is 1.11 bits per heavy atom. The number of carbonyl (C=O) groups is 2. The van der Waals surface area contributed by atoms with Crippen LogP contribution in [0.3, 0.4) is 0 Å². The molecule has 2 heterocycles. The van der Waals surface area contributed by atoms with Gasteiger partial charge < -0.3 is 31.4 Å². The molecule has 11 heteroatoms. The number of rotatable bonds is 10. The molecule has 4 aromatic rings. The normalized spacial score (nSPS) is 11.2. The van der Waals surface area contributed by atoms with Gasteiger partial charge in [0.05, 0.1) is 40.8 Å². The number of ether oxygens (including phenoxy) is 1. The first-order valence-electron chi connectivity index (χ1n) is 11.8. The maximum atomic E-state index is 12.0. The summed E-state index contributed by atoms with van der Waals surface area (Å²) in [5.41, 5.74) is 15.7. The van der Waals surface area contributed by atoms with Gasteiger partial charge >= 0.3 is 5.97 Å². The number of hydrogen-bond acceptors (Lipinski definition) is 8. The molecule has 0 fully saturated rings. The summed E-state index contributed by atoms with van der Waals surface area (Å²) < 4.78 is 8.74. The van der Waals surface area contributed by atoms with Gasteiger partial charge in [0, 0.05) is 31.3 Å². The number of primary amides is 1. The molecule has 0 saturated carbocycles. The second-order valence-electron chi connectivity index (χ2n) is 8.37. The summed E-state index contributed by atoms with van der Waals surface area (Å²) in [6.07, 6.45) is 3.98. The highest BCUT2D eigenvalue weighted by molar-refractivity contribution is 5.95. The van der Waals surface area contributed by atoms with Gasteiger partial charge in [-0.3, -0.25) is 4.79 Å². The number of esters is 1. The topological polar surface area (TPSA) is 155 Å². The van der Waals surface area contributed by atoms with E-state index in [1.54, 1.807) is 30.3 Å². The molecule has 0 aliphatic heterocycles. The van der Waals surface area contributed by atoms with Crippen molar-refractivity contribution in [3.8, 4) is 0 Å². The highest BCUT2D eigenvalue weighted by Crippen LogP contribution is 2.25. The van der Waals surface area contributed by atoms with Crippen molar-refractivity contribution in [1.29, 1.82) is 0 Å². The molecule has 0 bridgehead atoms. The smallest absolute Gasteiger partial charge is 0.337 e. The van der Waals surface area contributed by atoms with Gasteiger partial charge in [0.15, 0.2) is 0 Å². The molecule has 0 spiro atoms. The molecule has 4 rings (SSSR count). The summed E-state index contributed by atoms with van der Waals surface area (Å²) in [5, 5.41) is 11.1. The van der Waals surface area contributed by atoms with Gasteiger partial charge in [-0.2, -0.15) is 5.10 Å². The fraction of sp³-hybridized carbons (Fsp3) is 0.231. The fourth-order valence-corrected chi connectivity index (χ4v) is 3.97. The average molecular weight is 503 g/mol. The third-order valence-electron chi connectivity index (χ3n) is 5.81. The Morgan fingerprint density at radius 3 is 2.59 bits per heavy atom. The molecule has 192 valence electrons. The SMILES string of the molecule is CCn1nc(C)cc1Nc1nc2cc(C(=O)OC)ccc2n1C/C=C/CNc1ccc(C(N)=O)cc1N. The predicted molar refractivity (Wildman–Crippen MR) is 144 cm³/mol. The number of imidazole rings is 1. The van der Waals surface area contributed by atoms with Crippen molar-refractivity contribution in [3.05, 3.63) is 71.4 Å². The highest BCUT2D eigenvalue weighted by Gasteiger charge is 2.15. The van der Waals surface area contributed by atoms with Gasteiger partial charge in [-0.05, 0) is 50.2 Å². The number of nitrogens with zero attached hydrogens (tertiary/aromatic N) is 4. The second kappa shape index (κ2) is 10.9. The summed E-state index contributed by atoms with van der Waals surface area (Å²) >= 11 is 0. The van der Waals surface area contributed by atoms with E-state index in [4.69, 9.17) is 21.2 Å². The average Bonchev–Trinajstić information content (AvgIpc) is 3.42. The van der Waals surface area contributed by atoms with Crippen LogP contribution in [0, 0.1) is 6.92 Å². The Balaban J connectivity index is 1.56. The molecule has 2 aromatic heterocycles. The standard InChI is InChI=1S/C26H30N8O3/c1-4-34-23(13-16(2)32-34)31-26-30-21-15-18(25(36)37-3)8-10-22(21)33(26)12-6-5-11-29-20-9-7-17(24(28)35)14-19(20)27/h5-10,13-15,29H,4,11-12,27H2,1-3H3,(H2,28,35)(H,30,31)/b6-5+. The summed E-state index contributed by atoms with van der Waals surface area (Å²) in [7, 11) is 1.35. The first-order valence-corrected chi connectivity index (χ1v) is 11.8. The third-order valence-corrected chi connectivity index (χ3v) is 5.81. The van der Waals surface area contributed by atoms with E-state index in [1.165, 1.54) is 7.11 Å². The van der Waals surface area contributed by atoms with Crippen LogP contribution >= 0.6 is 0 Å². The lowest BCUT2D eigenvalue weighted by Crippen LogP contribution is -2.12. The molecule has 0 aliphatic carbocycles. The Hall–Kier alpha value is -4.80. The van der Waals surface area contributed by atoms with Crippen LogP contribution < -0.4 is 22.1 Å². The Bertz CT molecular complexity index is 1480. The van der Waals surface area contributed by atoms with Crippen molar-refractivity contribution in [3.63, 3.8) is 0 Å². The minimum Gasteiger partial charge on any atom is -0.465 e. The van der Waals surface area contributed by atoms with Crippen LogP contribution in [-0.4, -0.2) is 44.9 Å². The Morgan fingerprint density at radius 2 is 1.89 bits per heavy atom. The molecule has 0 aliphatic rings. The zero-order chi connectivity index (χ0) is 26.5. The predicted octanol–water partition coefficient (Wildman–Crippen LogP) is 3.44. The number of anilines is 4. The summed E-state index contributed by atoms with van der Waals surface area (Å²) in [4.78, 5) is 28.1. The van der Waals surface area contributed by atoms with Gasteiger partial charge in [-0.25, -0.2) is 14.5 Å².